The molecule has 8 unspecified atom stereocenters. The standard InChI is InChI=1S/C30H48O4/c1-19(12-15-28(4,5)34-21(3)32)25-10-11-26-24-9-8-22-18-23(33-20(2)31)13-16-29(22,6)27(24)14-17-30(25,26)7/h8,19,23-27H,9-18H2,1-7H3. The van der Waals surface area contributed by atoms with E-state index in [1.54, 1.807) is 5.57 Å². The minimum Gasteiger partial charge on any atom is -0.462 e. The fraction of sp³-hybridized carbons (Fsp3) is 0.867. The Morgan fingerprint density at radius 2 is 1.79 bits per heavy atom. The molecule has 0 aromatic carbocycles. The predicted octanol–water partition coefficient (Wildman–Crippen LogP) is 7.26. The van der Waals surface area contributed by atoms with Crippen LogP contribution in [0, 0.1) is 40.4 Å². The maximum Gasteiger partial charge on any atom is 0.303 e. The Morgan fingerprint density at radius 1 is 1.06 bits per heavy atom. The first-order valence-corrected chi connectivity index (χ1v) is 13.9. The van der Waals surface area contributed by atoms with E-state index in [1.165, 1.54) is 46.0 Å². The van der Waals surface area contributed by atoms with Gasteiger partial charge in [-0.05, 0) is 112 Å². The first-order valence-electron chi connectivity index (χ1n) is 13.9. The van der Waals surface area contributed by atoms with Gasteiger partial charge in [-0.25, -0.2) is 0 Å². The third-order valence-electron chi connectivity index (χ3n) is 10.8. The quantitative estimate of drug-likeness (QED) is 0.302. The number of fused-ring (bicyclic) bond motifs is 5. The van der Waals surface area contributed by atoms with E-state index < -0.39 is 0 Å². The first kappa shape index (κ1) is 25.8. The molecule has 3 fully saturated rings. The van der Waals surface area contributed by atoms with Crippen molar-refractivity contribution in [2.75, 3.05) is 0 Å². The van der Waals surface area contributed by atoms with Gasteiger partial charge in [0.15, 0.2) is 0 Å². The second-order valence-electron chi connectivity index (χ2n) is 13.3. The Kier molecular flexibility index (Phi) is 7.03. The van der Waals surface area contributed by atoms with Crippen LogP contribution in [0.15, 0.2) is 11.6 Å². The van der Waals surface area contributed by atoms with Gasteiger partial charge in [0.2, 0.25) is 0 Å². The minimum absolute atomic E-state index is 0.0789. The molecular formula is C30H48O4. The zero-order valence-corrected chi connectivity index (χ0v) is 22.7. The van der Waals surface area contributed by atoms with Gasteiger partial charge in [0.1, 0.15) is 11.7 Å². The highest BCUT2D eigenvalue weighted by Crippen LogP contribution is 2.67. The summed E-state index contributed by atoms with van der Waals surface area (Å²) in [6.07, 6.45) is 14.4. The molecular weight excluding hydrogens is 424 g/mol. The number of carbonyl (C=O) groups excluding carboxylic acids is 2. The molecule has 4 nitrogen and oxygen atoms in total. The second kappa shape index (κ2) is 9.28. The highest BCUT2D eigenvalue weighted by atomic mass is 16.6. The van der Waals surface area contributed by atoms with Crippen molar-refractivity contribution in [1.29, 1.82) is 0 Å². The van der Waals surface area contributed by atoms with Crippen molar-refractivity contribution in [3.8, 4) is 0 Å². The van der Waals surface area contributed by atoms with E-state index in [-0.39, 0.29) is 23.6 Å². The van der Waals surface area contributed by atoms with Gasteiger partial charge in [0, 0.05) is 20.3 Å². The summed E-state index contributed by atoms with van der Waals surface area (Å²) in [5.41, 5.74) is 1.92. The fourth-order valence-corrected chi connectivity index (χ4v) is 9.15. The van der Waals surface area contributed by atoms with E-state index in [1.807, 2.05) is 13.8 Å². The monoisotopic (exact) mass is 472 g/mol. The summed E-state index contributed by atoms with van der Waals surface area (Å²) in [4.78, 5) is 23.0. The summed E-state index contributed by atoms with van der Waals surface area (Å²) in [5.74, 6) is 3.51. The number of hydrogen-bond acceptors (Lipinski definition) is 4. The van der Waals surface area contributed by atoms with Crippen LogP contribution < -0.4 is 0 Å². The van der Waals surface area contributed by atoms with Crippen molar-refractivity contribution < 1.29 is 19.1 Å². The molecule has 0 N–H and O–H groups in total. The summed E-state index contributed by atoms with van der Waals surface area (Å²) >= 11 is 0. The normalized spacial score (nSPS) is 40.3. The molecule has 0 heterocycles. The Bertz CT molecular complexity index is 828. The van der Waals surface area contributed by atoms with E-state index >= 15 is 0 Å². The van der Waals surface area contributed by atoms with Gasteiger partial charge < -0.3 is 9.47 Å². The Hall–Kier alpha value is -1.32. The van der Waals surface area contributed by atoms with Crippen LogP contribution in [0.1, 0.15) is 113 Å². The zero-order valence-electron chi connectivity index (χ0n) is 22.7. The van der Waals surface area contributed by atoms with Crippen LogP contribution in [0.2, 0.25) is 0 Å². The number of carbonyl (C=O) groups is 2. The van der Waals surface area contributed by atoms with E-state index in [9.17, 15) is 9.59 Å². The SMILES string of the molecule is CC(=O)OC1CCC2(C)C(=CCC3C2CCC2(C)C(C(C)CCC(C)(C)OC(C)=O)CCC32)C1. The number of hydrogen-bond donors (Lipinski definition) is 0. The van der Waals surface area contributed by atoms with Crippen LogP contribution in [-0.2, 0) is 19.1 Å². The molecule has 0 aliphatic heterocycles. The second-order valence-corrected chi connectivity index (χ2v) is 13.3. The lowest BCUT2D eigenvalue weighted by molar-refractivity contribution is -0.154. The fourth-order valence-electron chi connectivity index (χ4n) is 9.15. The third-order valence-corrected chi connectivity index (χ3v) is 10.8. The van der Waals surface area contributed by atoms with Gasteiger partial charge in [-0.2, -0.15) is 0 Å². The van der Waals surface area contributed by atoms with Crippen LogP contribution in [0.3, 0.4) is 0 Å². The average Bonchev–Trinajstić information content (AvgIpc) is 3.08. The minimum atomic E-state index is -0.374. The maximum atomic E-state index is 11.5. The molecule has 0 bridgehead atoms. The van der Waals surface area contributed by atoms with Gasteiger partial charge in [-0.15, -0.1) is 0 Å². The smallest absolute Gasteiger partial charge is 0.303 e. The van der Waals surface area contributed by atoms with Crippen LogP contribution in [0.4, 0.5) is 0 Å². The van der Waals surface area contributed by atoms with E-state index in [2.05, 4.69) is 26.8 Å². The third kappa shape index (κ3) is 4.72. The summed E-state index contributed by atoms with van der Waals surface area (Å²) in [5, 5.41) is 0. The lowest BCUT2D eigenvalue weighted by Gasteiger charge is -2.58. The van der Waals surface area contributed by atoms with Gasteiger partial charge in [0.25, 0.3) is 0 Å². The molecule has 192 valence electrons. The molecule has 8 atom stereocenters. The van der Waals surface area contributed by atoms with Crippen LogP contribution >= 0.6 is 0 Å². The lowest BCUT2D eigenvalue weighted by atomic mass is 9.47. The van der Waals surface area contributed by atoms with E-state index in [0.717, 1.165) is 55.8 Å². The molecule has 0 spiro atoms. The van der Waals surface area contributed by atoms with Gasteiger partial charge in [0.05, 0.1) is 0 Å². The maximum absolute atomic E-state index is 11.5. The summed E-state index contributed by atoms with van der Waals surface area (Å²) in [6, 6.07) is 0. The Labute approximate surface area is 207 Å². The Balaban J connectivity index is 1.45. The highest BCUT2D eigenvalue weighted by Gasteiger charge is 2.59. The summed E-state index contributed by atoms with van der Waals surface area (Å²) in [6.45, 7) is 14.7. The average molecular weight is 473 g/mol. The van der Waals surface area contributed by atoms with E-state index in [0.29, 0.717) is 16.7 Å². The molecule has 4 heteroatoms. The molecule has 0 saturated heterocycles. The summed E-state index contributed by atoms with van der Waals surface area (Å²) in [7, 11) is 0. The molecule has 0 aromatic heterocycles. The van der Waals surface area contributed by atoms with Crippen molar-refractivity contribution in [2.24, 2.45) is 40.4 Å². The van der Waals surface area contributed by atoms with E-state index in [4.69, 9.17) is 9.47 Å². The van der Waals surface area contributed by atoms with Crippen LogP contribution in [0.25, 0.3) is 0 Å². The number of ether oxygens (including phenoxy) is 2. The molecule has 4 aliphatic carbocycles. The van der Waals surface area contributed by atoms with Gasteiger partial charge >= 0.3 is 11.9 Å². The largest absolute Gasteiger partial charge is 0.462 e. The number of rotatable bonds is 6. The van der Waals surface area contributed by atoms with Gasteiger partial charge in [-0.1, -0.05) is 32.4 Å². The number of allylic oxidation sites excluding steroid dienone is 1. The van der Waals surface area contributed by atoms with Crippen molar-refractivity contribution in [3.63, 3.8) is 0 Å². The van der Waals surface area contributed by atoms with Gasteiger partial charge in [-0.3, -0.25) is 9.59 Å². The molecule has 0 aromatic rings. The molecule has 4 aliphatic rings. The first-order chi connectivity index (χ1) is 15.9. The predicted molar refractivity (Wildman–Crippen MR) is 135 cm³/mol. The topological polar surface area (TPSA) is 52.6 Å². The van der Waals surface area contributed by atoms with Crippen molar-refractivity contribution >= 4 is 11.9 Å². The Morgan fingerprint density at radius 3 is 2.47 bits per heavy atom. The van der Waals surface area contributed by atoms with Crippen molar-refractivity contribution in [2.45, 2.75) is 124 Å². The number of esters is 2. The summed E-state index contributed by atoms with van der Waals surface area (Å²) < 4.78 is 11.2. The molecule has 0 radical (unpaired) electrons. The molecule has 0 amide bonds. The van der Waals surface area contributed by atoms with Crippen LogP contribution in [-0.4, -0.2) is 23.6 Å². The van der Waals surface area contributed by atoms with Crippen molar-refractivity contribution in [1.82, 2.24) is 0 Å². The van der Waals surface area contributed by atoms with Crippen molar-refractivity contribution in [3.05, 3.63) is 11.6 Å². The highest BCUT2D eigenvalue weighted by molar-refractivity contribution is 5.66. The molecule has 3 saturated carbocycles. The zero-order chi connectivity index (χ0) is 24.9. The molecule has 34 heavy (non-hydrogen) atoms. The lowest BCUT2D eigenvalue weighted by Crippen LogP contribution is -2.51. The molecule has 4 rings (SSSR count). The van der Waals surface area contributed by atoms with Crippen LogP contribution in [0.5, 0.6) is 0 Å².